The zero-order chi connectivity index (χ0) is 19.5. The van der Waals surface area contributed by atoms with E-state index in [1.165, 1.54) is 18.2 Å². The molecule has 26 heavy (non-hydrogen) atoms. The lowest BCUT2D eigenvalue weighted by Crippen LogP contribution is -2.20. The molecule has 2 N–H and O–H groups in total. The predicted molar refractivity (Wildman–Crippen MR) is 106 cm³/mol. The lowest BCUT2D eigenvalue weighted by Gasteiger charge is -2.14. The van der Waals surface area contributed by atoms with Crippen molar-refractivity contribution in [2.75, 3.05) is 15.2 Å². The molecule has 0 aliphatic carbocycles. The van der Waals surface area contributed by atoms with E-state index in [-0.39, 0.29) is 22.3 Å². The fourth-order valence-corrected chi connectivity index (χ4v) is 5.33. The van der Waals surface area contributed by atoms with Crippen LogP contribution in [-0.4, -0.2) is 22.6 Å². The molecule has 0 amide bonds. The second-order valence-corrected chi connectivity index (χ2v) is 10.2. The highest BCUT2D eigenvalue weighted by Crippen LogP contribution is 2.25. The maximum absolute atomic E-state index is 12.7. The highest BCUT2D eigenvalue weighted by Gasteiger charge is 2.20. The summed E-state index contributed by atoms with van der Waals surface area (Å²) in [6.45, 7) is 5.22. The topological polar surface area (TPSA) is 92.3 Å². The number of benzene rings is 2. The van der Waals surface area contributed by atoms with Crippen molar-refractivity contribution < 1.29 is 16.8 Å². The lowest BCUT2D eigenvalue weighted by molar-refractivity contribution is 0.587. The van der Waals surface area contributed by atoms with Gasteiger partial charge in [-0.05, 0) is 48.7 Å². The van der Waals surface area contributed by atoms with Crippen LogP contribution in [0.3, 0.4) is 0 Å². The first-order valence-electron chi connectivity index (χ1n) is 7.88. The summed E-state index contributed by atoms with van der Waals surface area (Å²) in [6, 6.07) is 10.7. The Morgan fingerprint density at radius 2 is 1.62 bits per heavy atom. The Kier molecular flexibility index (Phi) is 6.21. The van der Waals surface area contributed by atoms with E-state index in [0.717, 1.165) is 0 Å². The first kappa shape index (κ1) is 20.5. The van der Waals surface area contributed by atoms with Crippen molar-refractivity contribution in [1.29, 1.82) is 0 Å². The van der Waals surface area contributed by atoms with Gasteiger partial charge in [0.05, 0.1) is 16.3 Å². The Morgan fingerprint density at radius 3 is 2.23 bits per heavy atom. The van der Waals surface area contributed by atoms with Crippen molar-refractivity contribution in [2.24, 2.45) is 5.92 Å². The van der Waals surface area contributed by atoms with E-state index in [1.54, 1.807) is 45.0 Å². The van der Waals surface area contributed by atoms with Crippen LogP contribution in [0.5, 0.6) is 0 Å². The van der Waals surface area contributed by atoms with E-state index in [4.69, 9.17) is 11.6 Å². The molecule has 0 aliphatic rings. The van der Waals surface area contributed by atoms with E-state index in [2.05, 4.69) is 9.44 Å². The van der Waals surface area contributed by atoms with Crippen LogP contribution < -0.4 is 9.44 Å². The minimum absolute atomic E-state index is 0.0118. The van der Waals surface area contributed by atoms with Crippen molar-refractivity contribution in [1.82, 2.24) is 0 Å². The number of sulfonamides is 2. The van der Waals surface area contributed by atoms with Gasteiger partial charge in [-0.25, -0.2) is 16.8 Å². The molecule has 0 radical (unpaired) electrons. The van der Waals surface area contributed by atoms with Gasteiger partial charge in [0, 0.05) is 10.7 Å². The molecule has 6 nitrogen and oxygen atoms in total. The number of halogens is 1. The number of aryl methyl sites for hydroxylation is 1. The van der Waals surface area contributed by atoms with Crippen molar-refractivity contribution in [2.45, 2.75) is 25.7 Å². The van der Waals surface area contributed by atoms with E-state index >= 15 is 0 Å². The molecule has 0 heterocycles. The molecule has 2 aromatic carbocycles. The second-order valence-electron chi connectivity index (χ2n) is 6.37. The summed E-state index contributed by atoms with van der Waals surface area (Å²) in [4.78, 5) is -0.0118. The van der Waals surface area contributed by atoms with Crippen LogP contribution in [0.4, 0.5) is 11.4 Å². The third-order valence-corrected chi connectivity index (χ3v) is 6.79. The van der Waals surface area contributed by atoms with Crippen LogP contribution in [0.1, 0.15) is 19.4 Å². The van der Waals surface area contributed by atoms with Gasteiger partial charge in [-0.2, -0.15) is 0 Å². The fraction of sp³-hybridized carbons (Fsp3) is 0.294. The van der Waals surface area contributed by atoms with Gasteiger partial charge in [-0.3, -0.25) is 9.44 Å². The van der Waals surface area contributed by atoms with Gasteiger partial charge in [0.25, 0.3) is 10.0 Å². The molecular weight excluding hydrogens is 396 g/mol. The fourth-order valence-electron chi connectivity index (χ4n) is 2.38. The molecule has 0 atom stereocenters. The van der Waals surface area contributed by atoms with Crippen LogP contribution in [0.15, 0.2) is 47.4 Å². The van der Waals surface area contributed by atoms with E-state index in [9.17, 15) is 16.8 Å². The summed E-state index contributed by atoms with van der Waals surface area (Å²) in [5.74, 6) is -0.102. The average Bonchev–Trinajstić information content (AvgIpc) is 2.47. The van der Waals surface area contributed by atoms with E-state index < -0.39 is 20.0 Å². The lowest BCUT2D eigenvalue weighted by atomic mass is 10.2. The van der Waals surface area contributed by atoms with E-state index in [1.807, 2.05) is 0 Å². The normalized spacial score (nSPS) is 12.2. The van der Waals surface area contributed by atoms with Crippen molar-refractivity contribution in [3.05, 3.63) is 53.1 Å². The minimum atomic E-state index is -3.91. The minimum Gasteiger partial charge on any atom is -0.284 e. The molecule has 0 aromatic heterocycles. The molecule has 142 valence electrons. The summed E-state index contributed by atoms with van der Waals surface area (Å²) in [6.07, 6.45) is 0. The largest absolute Gasteiger partial charge is 0.284 e. The highest BCUT2D eigenvalue weighted by atomic mass is 35.5. The zero-order valence-electron chi connectivity index (χ0n) is 14.7. The molecular formula is C17H21ClN2O4S2. The van der Waals surface area contributed by atoms with Gasteiger partial charge in [0.1, 0.15) is 0 Å². The maximum atomic E-state index is 12.7. The van der Waals surface area contributed by atoms with Crippen molar-refractivity contribution in [3.63, 3.8) is 0 Å². The molecule has 0 saturated heterocycles. The van der Waals surface area contributed by atoms with Gasteiger partial charge < -0.3 is 0 Å². The van der Waals surface area contributed by atoms with Gasteiger partial charge >= 0.3 is 0 Å². The van der Waals surface area contributed by atoms with Crippen LogP contribution in [0, 0.1) is 12.8 Å². The molecule has 2 aromatic rings. The predicted octanol–water partition coefficient (Wildman–Crippen LogP) is 3.85. The standard InChI is InChI=1S/C17H21ClN2O4S2/c1-12(2)11-25(21,22)19-16-8-7-13(3)17(10-16)26(23,24)20-15-6-4-5-14(18)9-15/h4-10,12,19-20H,11H2,1-3H3. The second kappa shape index (κ2) is 7.85. The number of anilines is 2. The Balaban J connectivity index is 2.34. The first-order chi connectivity index (χ1) is 12.0. The van der Waals surface area contributed by atoms with E-state index in [0.29, 0.717) is 16.3 Å². The van der Waals surface area contributed by atoms with Crippen LogP contribution >= 0.6 is 11.6 Å². The molecule has 0 bridgehead atoms. The Morgan fingerprint density at radius 1 is 0.962 bits per heavy atom. The third kappa shape index (κ3) is 5.62. The van der Waals surface area contributed by atoms with Gasteiger partial charge in [-0.1, -0.05) is 37.6 Å². The molecule has 0 unspecified atom stereocenters. The third-order valence-electron chi connectivity index (χ3n) is 3.38. The summed E-state index contributed by atoms with van der Waals surface area (Å²) in [7, 11) is -7.46. The molecule has 0 saturated carbocycles. The average molecular weight is 417 g/mol. The number of hydrogen-bond acceptors (Lipinski definition) is 4. The van der Waals surface area contributed by atoms with Crippen LogP contribution in [-0.2, 0) is 20.0 Å². The summed E-state index contributed by atoms with van der Waals surface area (Å²) < 4.78 is 54.5. The van der Waals surface area contributed by atoms with Crippen molar-refractivity contribution >= 4 is 43.0 Å². The zero-order valence-corrected chi connectivity index (χ0v) is 17.0. The number of nitrogens with one attached hydrogen (secondary N) is 2. The molecule has 0 spiro atoms. The van der Waals surface area contributed by atoms with Crippen LogP contribution in [0.25, 0.3) is 0 Å². The summed E-state index contributed by atoms with van der Waals surface area (Å²) in [5.41, 5.74) is 1.01. The van der Waals surface area contributed by atoms with Gasteiger partial charge in [-0.15, -0.1) is 0 Å². The highest BCUT2D eigenvalue weighted by molar-refractivity contribution is 7.93. The summed E-state index contributed by atoms with van der Waals surface area (Å²) >= 11 is 5.88. The Bertz CT molecular complexity index is 1000. The summed E-state index contributed by atoms with van der Waals surface area (Å²) in [5, 5.41) is 0.400. The smallest absolute Gasteiger partial charge is 0.262 e. The maximum Gasteiger partial charge on any atom is 0.262 e. The quantitative estimate of drug-likeness (QED) is 0.717. The monoisotopic (exact) mass is 416 g/mol. The first-order valence-corrected chi connectivity index (χ1v) is 11.4. The van der Waals surface area contributed by atoms with Crippen LogP contribution in [0.2, 0.25) is 5.02 Å². The molecule has 9 heteroatoms. The van der Waals surface area contributed by atoms with Crippen molar-refractivity contribution in [3.8, 4) is 0 Å². The number of rotatable bonds is 7. The molecule has 0 fully saturated rings. The van der Waals surface area contributed by atoms with Gasteiger partial charge in [0.2, 0.25) is 10.0 Å². The Hall–Kier alpha value is -1.77. The Labute approximate surface area is 159 Å². The number of hydrogen-bond donors (Lipinski definition) is 2. The van der Waals surface area contributed by atoms with Gasteiger partial charge in [0.15, 0.2) is 0 Å². The molecule has 0 aliphatic heterocycles. The SMILES string of the molecule is Cc1ccc(NS(=O)(=O)CC(C)C)cc1S(=O)(=O)Nc1cccc(Cl)c1. The molecule has 2 rings (SSSR count).